The number of aromatic nitrogens is 1. The van der Waals surface area contributed by atoms with Crippen LogP contribution in [-0.4, -0.2) is 35.6 Å². The van der Waals surface area contributed by atoms with Crippen molar-refractivity contribution in [2.45, 2.75) is 26.9 Å². The highest BCUT2D eigenvalue weighted by Gasteiger charge is 2.16. The fourth-order valence-corrected chi connectivity index (χ4v) is 2.68. The molecule has 130 valence electrons. The quantitative estimate of drug-likeness (QED) is 0.743. The van der Waals surface area contributed by atoms with Gasteiger partial charge in [-0.3, -0.25) is 4.79 Å². The minimum absolute atomic E-state index is 0.0234. The zero-order valence-electron chi connectivity index (χ0n) is 14.5. The van der Waals surface area contributed by atoms with Gasteiger partial charge in [-0.15, -0.1) is 0 Å². The lowest BCUT2D eigenvalue weighted by Gasteiger charge is -2.25. The van der Waals surface area contributed by atoms with E-state index in [9.17, 15) is 9.18 Å². The van der Waals surface area contributed by atoms with E-state index in [-0.39, 0.29) is 18.3 Å². The lowest BCUT2D eigenvalue weighted by atomic mass is 10.2. The van der Waals surface area contributed by atoms with Gasteiger partial charge >= 0.3 is 0 Å². The number of hydrogen-bond donors (Lipinski definition) is 0. The first-order chi connectivity index (χ1) is 11.5. The Hall–Kier alpha value is -2.14. The van der Waals surface area contributed by atoms with E-state index in [4.69, 9.17) is 4.74 Å². The molecule has 0 radical (unpaired) electrons. The molecule has 1 aromatic heterocycles. The molecule has 0 unspecified atom stereocenters. The summed E-state index contributed by atoms with van der Waals surface area (Å²) in [6.07, 6.45) is 1.95. The Bertz CT molecular complexity index is 667. The summed E-state index contributed by atoms with van der Waals surface area (Å²) in [6, 6.07) is 10.5. The first-order valence-electron chi connectivity index (χ1n) is 8.14. The van der Waals surface area contributed by atoms with E-state index in [1.54, 1.807) is 6.07 Å². The zero-order valence-corrected chi connectivity index (χ0v) is 14.5. The number of rotatable bonds is 8. The molecule has 0 aliphatic carbocycles. The van der Waals surface area contributed by atoms with Gasteiger partial charge in [0.2, 0.25) is 5.91 Å². The van der Waals surface area contributed by atoms with E-state index < -0.39 is 0 Å². The Morgan fingerprint density at radius 2 is 2.08 bits per heavy atom. The summed E-state index contributed by atoms with van der Waals surface area (Å²) in [5.41, 5.74) is 1.91. The molecule has 1 aromatic carbocycles. The van der Waals surface area contributed by atoms with Crippen LogP contribution in [0.3, 0.4) is 0 Å². The van der Waals surface area contributed by atoms with Gasteiger partial charge in [-0.1, -0.05) is 26.0 Å². The maximum Gasteiger partial charge on any atom is 0.248 e. The highest BCUT2D eigenvalue weighted by Crippen LogP contribution is 2.13. The van der Waals surface area contributed by atoms with Crippen molar-refractivity contribution in [3.05, 3.63) is 59.7 Å². The number of carbonyl (C=O) groups excluding carboxylic acids is 1. The lowest BCUT2D eigenvalue weighted by molar-refractivity contribution is -0.136. The van der Waals surface area contributed by atoms with Crippen LogP contribution >= 0.6 is 0 Å². The third-order valence-electron chi connectivity index (χ3n) is 3.72. The number of halogens is 1. The standard InChI is InChI=1S/C19H25FN2O2/c1-15(2)11-22(19(23)14-24-3)13-18-8-5-9-21(18)12-16-6-4-7-17(20)10-16/h4-10,15H,11-14H2,1-3H3. The Morgan fingerprint density at radius 1 is 1.29 bits per heavy atom. The minimum Gasteiger partial charge on any atom is -0.375 e. The third kappa shape index (κ3) is 5.20. The van der Waals surface area contributed by atoms with Crippen LogP contribution in [0.1, 0.15) is 25.1 Å². The molecule has 1 amide bonds. The van der Waals surface area contributed by atoms with Gasteiger partial charge in [0.15, 0.2) is 0 Å². The summed E-state index contributed by atoms with van der Waals surface area (Å²) < 4.78 is 20.4. The van der Waals surface area contributed by atoms with Crippen LogP contribution in [0.5, 0.6) is 0 Å². The number of ether oxygens (including phenoxy) is 1. The average Bonchev–Trinajstić information content (AvgIpc) is 2.93. The van der Waals surface area contributed by atoms with Crippen LogP contribution in [0.4, 0.5) is 4.39 Å². The van der Waals surface area contributed by atoms with Crippen LogP contribution in [0.15, 0.2) is 42.6 Å². The number of hydrogen-bond acceptors (Lipinski definition) is 2. The van der Waals surface area contributed by atoms with Crippen molar-refractivity contribution in [3.63, 3.8) is 0 Å². The van der Waals surface area contributed by atoms with Crippen molar-refractivity contribution >= 4 is 5.91 Å². The van der Waals surface area contributed by atoms with Gasteiger partial charge in [-0.05, 0) is 35.7 Å². The van der Waals surface area contributed by atoms with E-state index in [2.05, 4.69) is 13.8 Å². The van der Waals surface area contributed by atoms with E-state index in [0.29, 0.717) is 25.6 Å². The molecule has 2 aromatic rings. The summed E-state index contributed by atoms with van der Waals surface area (Å²) >= 11 is 0. The summed E-state index contributed by atoms with van der Waals surface area (Å²) in [7, 11) is 1.53. The first kappa shape index (κ1) is 18.2. The molecular formula is C19H25FN2O2. The van der Waals surface area contributed by atoms with E-state index in [0.717, 1.165) is 11.3 Å². The van der Waals surface area contributed by atoms with Crippen molar-refractivity contribution in [2.75, 3.05) is 20.3 Å². The van der Waals surface area contributed by atoms with Gasteiger partial charge < -0.3 is 14.2 Å². The second-order valence-electron chi connectivity index (χ2n) is 6.36. The highest BCUT2D eigenvalue weighted by molar-refractivity contribution is 5.77. The molecule has 0 N–H and O–H groups in total. The minimum atomic E-state index is -0.238. The van der Waals surface area contributed by atoms with E-state index in [1.165, 1.54) is 19.2 Å². The fourth-order valence-electron chi connectivity index (χ4n) is 2.68. The largest absolute Gasteiger partial charge is 0.375 e. The van der Waals surface area contributed by atoms with Gasteiger partial charge in [0.1, 0.15) is 12.4 Å². The molecule has 0 saturated heterocycles. The first-order valence-corrected chi connectivity index (χ1v) is 8.14. The number of nitrogens with zero attached hydrogens (tertiary/aromatic N) is 2. The zero-order chi connectivity index (χ0) is 17.5. The molecule has 0 aliphatic heterocycles. The van der Waals surface area contributed by atoms with Gasteiger partial charge in [-0.2, -0.15) is 0 Å². The van der Waals surface area contributed by atoms with Gasteiger partial charge in [0.05, 0.1) is 6.54 Å². The Morgan fingerprint density at radius 3 is 2.75 bits per heavy atom. The highest BCUT2D eigenvalue weighted by atomic mass is 19.1. The van der Waals surface area contributed by atoms with E-state index >= 15 is 0 Å². The molecule has 1 heterocycles. The molecule has 0 bridgehead atoms. The second kappa shape index (κ2) is 8.64. The number of carbonyl (C=O) groups is 1. The van der Waals surface area contributed by atoms with Gasteiger partial charge in [0, 0.05) is 32.1 Å². The van der Waals surface area contributed by atoms with Crippen LogP contribution < -0.4 is 0 Å². The lowest BCUT2D eigenvalue weighted by Crippen LogP contribution is -2.36. The Kier molecular flexibility index (Phi) is 6.55. The summed E-state index contributed by atoms with van der Waals surface area (Å²) in [4.78, 5) is 14.1. The predicted molar refractivity (Wildman–Crippen MR) is 92.1 cm³/mol. The number of methoxy groups -OCH3 is 1. The molecule has 0 spiro atoms. The van der Waals surface area contributed by atoms with Gasteiger partial charge in [0.25, 0.3) is 0 Å². The predicted octanol–water partition coefficient (Wildman–Crippen LogP) is 3.31. The molecule has 0 aliphatic rings. The number of amides is 1. The molecule has 24 heavy (non-hydrogen) atoms. The van der Waals surface area contributed by atoms with Crippen molar-refractivity contribution in [1.29, 1.82) is 0 Å². The average molecular weight is 332 g/mol. The topological polar surface area (TPSA) is 34.5 Å². The van der Waals surface area contributed by atoms with Crippen LogP contribution in [0.2, 0.25) is 0 Å². The summed E-state index contributed by atoms with van der Waals surface area (Å²) in [5.74, 6) is 0.111. The smallest absolute Gasteiger partial charge is 0.248 e. The second-order valence-corrected chi connectivity index (χ2v) is 6.36. The molecule has 0 fully saturated rings. The normalized spacial score (nSPS) is 11.0. The van der Waals surface area contributed by atoms with Crippen molar-refractivity contribution in [3.8, 4) is 0 Å². The number of benzene rings is 1. The third-order valence-corrected chi connectivity index (χ3v) is 3.72. The maximum absolute atomic E-state index is 13.4. The molecule has 0 atom stereocenters. The van der Waals surface area contributed by atoms with Crippen molar-refractivity contribution in [1.82, 2.24) is 9.47 Å². The fraction of sp³-hybridized carbons (Fsp3) is 0.421. The van der Waals surface area contributed by atoms with Crippen molar-refractivity contribution in [2.24, 2.45) is 5.92 Å². The van der Waals surface area contributed by atoms with E-state index in [1.807, 2.05) is 33.9 Å². The SMILES string of the molecule is COCC(=O)N(Cc1cccn1Cc1cccc(F)c1)CC(C)C. The molecular weight excluding hydrogens is 307 g/mol. The molecule has 2 rings (SSSR count). The van der Waals surface area contributed by atoms with Crippen LogP contribution in [0.25, 0.3) is 0 Å². The summed E-state index contributed by atoms with van der Waals surface area (Å²) in [6.45, 7) is 6.01. The maximum atomic E-state index is 13.4. The van der Waals surface area contributed by atoms with Crippen LogP contribution in [-0.2, 0) is 22.6 Å². The van der Waals surface area contributed by atoms with Gasteiger partial charge in [-0.25, -0.2) is 4.39 Å². The Labute approximate surface area is 142 Å². The molecule has 5 heteroatoms. The Balaban J connectivity index is 2.13. The molecule has 4 nitrogen and oxygen atoms in total. The molecule has 0 saturated carbocycles. The summed E-state index contributed by atoms with van der Waals surface area (Å²) in [5, 5.41) is 0. The van der Waals surface area contributed by atoms with Crippen LogP contribution in [0, 0.1) is 11.7 Å². The monoisotopic (exact) mass is 332 g/mol. The van der Waals surface area contributed by atoms with Crippen molar-refractivity contribution < 1.29 is 13.9 Å².